The number of hydrogen-bond donors (Lipinski definition) is 4. The zero-order valence-corrected chi connectivity index (χ0v) is 17.5. The lowest BCUT2D eigenvalue weighted by Crippen LogP contribution is -2.56. The molecule has 0 aliphatic rings. The summed E-state index contributed by atoms with van der Waals surface area (Å²) in [4.78, 5) is 0. The molecule has 0 heterocycles. The normalized spacial score (nSPS) is 14.0. The minimum Gasteiger partial charge on any atom is -0.387 e. The molecule has 4 N–H and O–H groups in total. The fourth-order valence-corrected chi connectivity index (χ4v) is 4.24. The molecule has 32 heavy (non-hydrogen) atoms. The van der Waals surface area contributed by atoms with Crippen molar-refractivity contribution in [1.82, 2.24) is 0 Å². The van der Waals surface area contributed by atoms with Crippen LogP contribution >= 0.6 is 0 Å². The molecule has 0 amide bonds. The summed E-state index contributed by atoms with van der Waals surface area (Å²) in [5, 5.41) is 46.9. The molecule has 4 aromatic carbocycles. The van der Waals surface area contributed by atoms with Crippen LogP contribution in [0.4, 0.5) is 0 Å². The lowest BCUT2D eigenvalue weighted by atomic mass is 9.72. The zero-order valence-electron chi connectivity index (χ0n) is 17.5. The predicted octanol–water partition coefficient (Wildman–Crippen LogP) is 3.58. The van der Waals surface area contributed by atoms with E-state index in [1.807, 2.05) is 24.3 Å². The summed E-state index contributed by atoms with van der Waals surface area (Å²) in [6.45, 7) is 0. The van der Waals surface area contributed by atoms with Crippen LogP contribution in [-0.4, -0.2) is 32.6 Å². The highest BCUT2D eigenvalue weighted by atomic mass is 16.4. The topological polar surface area (TPSA) is 80.9 Å². The summed E-state index contributed by atoms with van der Waals surface area (Å²) < 4.78 is 0. The van der Waals surface area contributed by atoms with Crippen LogP contribution in [0.1, 0.15) is 22.3 Å². The quantitative estimate of drug-likeness (QED) is 0.364. The molecular formula is C28H26O4. The monoisotopic (exact) mass is 426 g/mol. The van der Waals surface area contributed by atoms with Crippen molar-refractivity contribution in [2.75, 3.05) is 0 Å². The van der Waals surface area contributed by atoms with Crippen LogP contribution < -0.4 is 0 Å². The second-order valence-electron chi connectivity index (χ2n) is 7.89. The summed E-state index contributed by atoms with van der Waals surface area (Å²) >= 11 is 0. The molecule has 0 saturated carbocycles. The van der Waals surface area contributed by atoms with Crippen LogP contribution in [0.25, 0.3) is 0 Å². The van der Waals surface area contributed by atoms with Gasteiger partial charge in [0, 0.05) is 0 Å². The molecule has 0 aliphatic heterocycles. The van der Waals surface area contributed by atoms with E-state index in [2.05, 4.69) is 0 Å². The molecule has 0 aromatic heterocycles. The Morgan fingerprint density at radius 2 is 0.562 bits per heavy atom. The first-order valence-electron chi connectivity index (χ1n) is 10.5. The van der Waals surface area contributed by atoms with Crippen LogP contribution in [0.5, 0.6) is 0 Å². The van der Waals surface area contributed by atoms with Crippen LogP contribution in [-0.2, 0) is 11.2 Å². The molecule has 2 atom stereocenters. The van der Waals surface area contributed by atoms with Gasteiger partial charge in [0.25, 0.3) is 0 Å². The van der Waals surface area contributed by atoms with Gasteiger partial charge in [0.15, 0.2) is 0 Å². The van der Waals surface area contributed by atoms with E-state index >= 15 is 0 Å². The van der Waals surface area contributed by atoms with Crippen LogP contribution in [0.15, 0.2) is 121 Å². The fourth-order valence-electron chi connectivity index (χ4n) is 4.24. The second kappa shape index (κ2) is 9.07. The molecule has 162 valence electrons. The Labute approximate surface area is 187 Å². The standard InChI is InChI=1S/C28H26O4/c29-25(27(31,21-13-5-1-6-14-21)22-15-7-2-8-16-22)26(30)28(32,23-17-9-3-10-18-23)24-19-11-4-12-20-24/h1-20,25-26,29-32H. The maximum absolute atomic E-state index is 11.9. The van der Waals surface area contributed by atoms with Crippen LogP contribution in [0.3, 0.4) is 0 Å². The lowest BCUT2D eigenvalue weighted by molar-refractivity contribution is -0.167. The number of aliphatic hydroxyl groups excluding tert-OH is 2. The molecule has 0 saturated heterocycles. The van der Waals surface area contributed by atoms with E-state index in [-0.39, 0.29) is 0 Å². The predicted molar refractivity (Wildman–Crippen MR) is 124 cm³/mol. The highest BCUT2D eigenvalue weighted by molar-refractivity contribution is 5.42. The van der Waals surface area contributed by atoms with E-state index in [4.69, 9.17) is 0 Å². The summed E-state index contributed by atoms with van der Waals surface area (Å²) in [6.07, 6.45) is -3.53. The lowest BCUT2D eigenvalue weighted by Gasteiger charge is -2.43. The van der Waals surface area contributed by atoms with Gasteiger partial charge >= 0.3 is 0 Å². The van der Waals surface area contributed by atoms with E-state index in [0.29, 0.717) is 22.3 Å². The van der Waals surface area contributed by atoms with Crippen LogP contribution in [0.2, 0.25) is 0 Å². The molecular weight excluding hydrogens is 400 g/mol. The Hall–Kier alpha value is -3.28. The summed E-state index contributed by atoms with van der Waals surface area (Å²) in [5.41, 5.74) is -2.33. The molecule has 0 radical (unpaired) electrons. The third-order valence-electron chi connectivity index (χ3n) is 6.01. The minimum atomic E-state index is -1.97. The van der Waals surface area contributed by atoms with Crippen molar-refractivity contribution < 1.29 is 20.4 Å². The average Bonchev–Trinajstić information content (AvgIpc) is 2.89. The second-order valence-corrected chi connectivity index (χ2v) is 7.89. The summed E-state index contributed by atoms with van der Waals surface area (Å²) in [6, 6.07) is 34.8. The highest BCUT2D eigenvalue weighted by Crippen LogP contribution is 2.41. The van der Waals surface area contributed by atoms with Gasteiger partial charge in [-0.2, -0.15) is 0 Å². The SMILES string of the molecule is OC(C(O)C(O)(c1ccccc1)c1ccccc1)C(O)(c1ccccc1)c1ccccc1. The molecule has 0 aliphatic carbocycles. The van der Waals surface area contributed by atoms with Gasteiger partial charge in [-0.15, -0.1) is 0 Å². The van der Waals surface area contributed by atoms with Gasteiger partial charge in [-0.1, -0.05) is 121 Å². The number of benzene rings is 4. The van der Waals surface area contributed by atoms with Gasteiger partial charge in [-0.3, -0.25) is 0 Å². The molecule has 0 fully saturated rings. The Morgan fingerprint density at radius 3 is 0.750 bits per heavy atom. The molecule has 4 nitrogen and oxygen atoms in total. The van der Waals surface area contributed by atoms with Gasteiger partial charge in [0.1, 0.15) is 23.4 Å². The van der Waals surface area contributed by atoms with Crippen molar-refractivity contribution in [2.24, 2.45) is 0 Å². The Kier molecular flexibility index (Phi) is 6.21. The van der Waals surface area contributed by atoms with E-state index in [1.165, 1.54) is 0 Å². The highest BCUT2D eigenvalue weighted by Gasteiger charge is 2.51. The molecule has 2 unspecified atom stereocenters. The Balaban J connectivity index is 1.89. The van der Waals surface area contributed by atoms with E-state index in [1.54, 1.807) is 97.1 Å². The first kappa shape index (κ1) is 21.9. The minimum absolute atomic E-state index is 0.404. The maximum Gasteiger partial charge on any atom is 0.143 e. The first-order chi connectivity index (χ1) is 15.5. The largest absolute Gasteiger partial charge is 0.387 e. The summed E-state index contributed by atoms with van der Waals surface area (Å²) in [5.74, 6) is 0. The van der Waals surface area contributed by atoms with E-state index in [0.717, 1.165) is 0 Å². The summed E-state index contributed by atoms with van der Waals surface area (Å²) in [7, 11) is 0. The van der Waals surface area contributed by atoms with Crippen molar-refractivity contribution in [2.45, 2.75) is 23.4 Å². The van der Waals surface area contributed by atoms with Crippen molar-refractivity contribution in [3.05, 3.63) is 144 Å². The van der Waals surface area contributed by atoms with Gasteiger partial charge in [0.05, 0.1) is 0 Å². The van der Waals surface area contributed by atoms with Gasteiger partial charge in [-0.25, -0.2) is 0 Å². The van der Waals surface area contributed by atoms with Crippen LogP contribution in [0, 0.1) is 0 Å². The van der Waals surface area contributed by atoms with Gasteiger partial charge in [-0.05, 0) is 22.3 Å². The molecule has 0 bridgehead atoms. The third-order valence-corrected chi connectivity index (χ3v) is 6.01. The average molecular weight is 427 g/mol. The molecule has 4 rings (SSSR count). The number of hydrogen-bond acceptors (Lipinski definition) is 4. The van der Waals surface area contributed by atoms with E-state index < -0.39 is 23.4 Å². The molecule has 4 aromatic rings. The number of aliphatic hydroxyl groups is 4. The number of rotatable bonds is 7. The zero-order chi connectivity index (χ0) is 22.6. The Morgan fingerprint density at radius 1 is 0.375 bits per heavy atom. The van der Waals surface area contributed by atoms with Crippen molar-refractivity contribution in [1.29, 1.82) is 0 Å². The maximum atomic E-state index is 11.9. The fraction of sp³-hybridized carbons (Fsp3) is 0.143. The van der Waals surface area contributed by atoms with Crippen molar-refractivity contribution >= 4 is 0 Å². The van der Waals surface area contributed by atoms with Crippen molar-refractivity contribution in [3.8, 4) is 0 Å². The smallest absolute Gasteiger partial charge is 0.143 e. The van der Waals surface area contributed by atoms with Crippen molar-refractivity contribution in [3.63, 3.8) is 0 Å². The molecule has 0 spiro atoms. The van der Waals surface area contributed by atoms with Gasteiger partial charge in [0.2, 0.25) is 0 Å². The first-order valence-corrected chi connectivity index (χ1v) is 10.5. The molecule has 4 heteroatoms. The van der Waals surface area contributed by atoms with E-state index in [9.17, 15) is 20.4 Å². The Bertz CT molecular complexity index is 943. The third kappa shape index (κ3) is 3.74. The van der Waals surface area contributed by atoms with Gasteiger partial charge < -0.3 is 20.4 Å².